The third kappa shape index (κ3) is 3.90. The van der Waals surface area contributed by atoms with Crippen LogP contribution in [0.25, 0.3) is 21.6 Å². The molecule has 1 atom stereocenters. The van der Waals surface area contributed by atoms with Gasteiger partial charge in [0.2, 0.25) is 0 Å². The van der Waals surface area contributed by atoms with Gasteiger partial charge in [-0.1, -0.05) is 24.3 Å². The summed E-state index contributed by atoms with van der Waals surface area (Å²) in [7, 11) is 4.03. The van der Waals surface area contributed by atoms with Gasteiger partial charge in [0.15, 0.2) is 5.65 Å². The Hall–Kier alpha value is -3.23. The van der Waals surface area contributed by atoms with Gasteiger partial charge in [-0.3, -0.25) is 9.48 Å². The van der Waals surface area contributed by atoms with Gasteiger partial charge in [-0.2, -0.15) is 5.10 Å². The maximum atomic E-state index is 13.9. The van der Waals surface area contributed by atoms with Gasteiger partial charge in [0.25, 0.3) is 5.91 Å². The van der Waals surface area contributed by atoms with E-state index in [1.807, 2.05) is 55.7 Å². The van der Waals surface area contributed by atoms with Crippen LogP contribution in [0.2, 0.25) is 0 Å². The van der Waals surface area contributed by atoms with Gasteiger partial charge < -0.3 is 15.0 Å². The Morgan fingerprint density at radius 1 is 1.17 bits per heavy atom. The summed E-state index contributed by atoms with van der Waals surface area (Å²) >= 11 is 1.61. The van der Waals surface area contributed by atoms with Crippen LogP contribution in [0.15, 0.2) is 47.8 Å². The van der Waals surface area contributed by atoms with Gasteiger partial charge in [-0.25, -0.2) is 4.98 Å². The van der Waals surface area contributed by atoms with Crippen molar-refractivity contribution in [2.24, 2.45) is 7.05 Å². The maximum absolute atomic E-state index is 13.9. The lowest BCUT2D eigenvalue weighted by atomic mass is 9.80. The van der Waals surface area contributed by atoms with Crippen LogP contribution in [0.4, 0.5) is 0 Å². The zero-order valence-corrected chi connectivity index (χ0v) is 21.1. The Labute approximate surface area is 208 Å². The van der Waals surface area contributed by atoms with Crippen molar-refractivity contribution in [2.75, 3.05) is 20.1 Å². The van der Waals surface area contributed by atoms with Crippen molar-refractivity contribution in [1.29, 1.82) is 0 Å². The zero-order chi connectivity index (χ0) is 24.2. The van der Waals surface area contributed by atoms with E-state index in [1.165, 1.54) is 0 Å². The van der Waals surface area contributed by atoms with Crippen LogP contribution in [0.5, 0.6) is 5.75 Å². The number of rotatable bonds is 3. The number of carbonyl (C=O) groups is 1. The van der Waals surface area contributed by atoms with Crippen molar-refractivity contribution < 1.29 is 9.53 Å². The summed E-state index contributed by atoms with van der Waals surface area (Å²) in [6.07, 6.45) is 2.67. The van der Waals surface area contributed by atoms with Crippen LogP contribution in [0.3, 0.4) is 0 Å². The topological polar surface area (TPSA) is 72.3 Å². The number of nitrogens with one attached hydrogen (secondary N) is 1. The molecule has 1 N–H and O–H groups in total. The summed E-state index contributed by atoms with van der Waals surface area (Å²) in [6, 6.07) is 13.9. The highest BCUT2D eigenvalue weighted by atomic mass is 32.1. The lowest BCUT2D eigenvalue weighted by Gasteiger charge is -2.46. The van der Waals surface area contributed by atoms with E-state index in [4.69, 9.17) is 9.72 Å². The molecule has 5 heterocycles. The number of likely N-dealkylation sites (tertiary alicyclic amines) is 1. The molecule has 35 heavy (non-hydrogen) atoms. The van der Waals surface area contributed by atoms with Gasteiger partial charge in [0.1, 0.15) is 11.4 Å². The second kappa shape index (κ2) is 8.46. The first kappa shape index (κ1) is 22.2. The summed E-state index contributed by atoms with van der Waals surface area (Å²) in [5, 5.41) is 10.8. The second-order valence-corrected chi connectivity index (χ2v) is 10.7. The number of thiophene rings is 1. The summed E-state index contributed by atoms with van der Waals surface area (Å²) in [6.45, 7) is 3.92. The van der Waals surface area contributed by atoms with Gasteiger partial charge in [-0.05, 0) is 50.4 Å². The summed E-state index contributed by atoms with van der Waals surface area (Å²) < 4.78 is 8.35. The van der Waals surface area contributed by atoms with E-state index < -0.39 is 0 Å². The largest absolute Gasteiger partial charge is 0.487 e. The van der Waals surface area contributed by atoms with E-state index in [9.17, 15) is 4.79 Å². The fraction of sp³-hybridized carbons (Fsp3) is 0.370. The van der Waals surface area contributed by atoms with Crippen molar-refractivity contribution in [3.63, 3.8) is 0 Å². The smallest absolute Gasteiger partial charge is 0.252 e. The van der Waals surface area contributed by atoms with Crippen molar-refractivity contribution in [1.82, 2.24) is 25.0 Å². The highest BCUT2D eigenvalue weighted by Gasteiger charge is 2.43. The van der Waals surface area contributed by atoms with Crippen LogP contribution < -0.4 is 10.1 Å². The minimum Gasteiger partial charge on any atom is -0.487 e. The van der Waals surface area contributed by atoms with Crippen LogP contribution in [0, 0.1) is 6.92 Å². The average Bonchev–Trinajstić information content (AvgIpc) is 3.49. The number of aryl methyl sites for hydroxylation is 2. The molecule has 180 valence electrons. The summed E-state index contributed by atoms with van der Waals surface area (Å²) in [5.41, 5.74) is 3.72. The van der Waals surface area contributed by atoms with Crippen molar-refractivity contribution in [2.45, 2.75) is 37.8 Å². The van der Waals surface area contributed by atoms with E-state index in [0.29, 0.717) is 5.56 Å². The number of nitrogens with zero attached hydrogens (tertiary/aromatic N) is 4. The molecular weight excluding hydrogens is 458 g/mol. The molecule has 7 nitrogen and oxygen atoms in total. The van der Waals surface area contributed by atoms with Gasteiger partial charge in [0, 0.05) is 32.1 Å². The number of para-hydroxylation sites is 1. The Kier molecular flexibility index (Phi) is 5.38. The summed E-state index contributed by atoms with van der Waals surface area (Å²) in [5.74, 6) is 0.779. The van der Waals surface area contributed by atoms with Crippen LogP contribution in [-0.4, -0.2) is 51.3 Å². The lowest BCUT2D eigenvalue weighted by Crippen LogP contribution is -2.51. The first-order chi connectivity index (χ1) is 16.9. The zero-order valence-electron chi connectivity index (χ0n) is 20.2. The van der Waals surface area contributed by atoms with Crippen molar-refractivity contribution in [3.05, 3.63) is 64.7 Å². The molecule has 1 saturated heterocycles. The summed E-state index contributed by atoms with van der Waals surface area (Å²) in [4.78, 5) is 22.1. The van der Waals surface area contributed by atoms with E-state index in [2.05, 4.69) is 28.4 Å². The van der Waals surface area contributed by atoms with Crippen molar-refractivity contribution >= 4 is 28.3 Å². The quantitative estimate of drug-likeness (QED) is 0.453. The molecule has 4 aromatic rings. The number of fused-ring (bicyclic) bond motifs is 2. The molecule has 1 aromatic carbocycles. The van der Waals surface area contributed by atoms with Crippen molar-refractivity contribution in [3.8, 4) is 16.3 Å². The first-order valence-electron chi connectivity index (χ1n) is 12.1. The molecular formula is C27H29N5O2S. The highest BCUT2D eigenvalue weighted by Crippen LogP contribution is 2.44. The minimum absolute atomic E-state index is 0.101. The highest BCUT2D eigenvalue weighted by molar-refractivity contribution is 7.13. The molecule has 0 saturated carbocycles. The molecule has 1 amide bonds. The molecule has 1 unspecified atom stereocenters. The monoisotopic (exact) mass is 487 g/mol. The van der Waals surface area contributed by atoms with E-state index >= 15 is 0 Å². The number of aromatic nitrogens is 3. The fourth-order valence-corrected chi connectivity index (χ4v) is 6.18. The fourth-order valence-electron chi connectivity index (χ4n) is 5.49. The Balaban J connectivity index is 1.39. The van der Waals surface area contributed by atoms with Crippen LogP contribution >= 0.6 is 11.3 Å². The van der Waals surface area contributed by atoms with Gasteiger partial charge in [-0.15, -0.1) is 11.3 Å². The molecule has 0 aliphatic carbocycles. The molecule has 1 spiro atoms. The molecule has 6 rings (SSSR count). The van der Waals surface area contributed by atoms with Crippen LogP contribution in [-0.2, 0) is 7.05 Å². The molecule has 8 heteroatoms. The third-order valence-electron chi connectivity index (χ3n) is 7.39. The molecule has 2 aliphatic rings. The molecule has 2 aliphatic heterocycles. The molecule has 1 fully saturated rings. The Morgan fingerprint density at radius 2 is 1.97 bits per heavy atom. The molecule has 3 aromatic heterocycles. The maximum Gasteiger partial charge on any atom is 0.252 e. The molecule has 0 bridgehead atoms. The standard InChI is InChI=1S/C27H29N5O2S/c1-17-24-19(15-20(23-9-6-14-35-23)28-25(24)32(3)30-17)26(33)29-21-16-27(10-12-31(2)13-11-27)34-22-8-5-4-7-18(21)22/h4-9,14-15,21H,10-13,16H2,1-3H3,(H,29,33). The number of hydrogen-bond donors (Lipinski definition) is 1. The lowest BCUT2D eigenvalue weighted by molar-refractivity contribution is -0.0195. The predicted octanol–water partition coefficient (Wildman–Crippen LogP) is 4.72. The van der Waals surface area contributed by atoms with Crippen LogP contribution in [0.1, 0.15) is 46.9 Å². The number of pyridine rings is 1. The predicted molar refractivity (Wildman–Crippen MR) is 138 cm³/mol. The minimum atomic E-state index is -0.251. The SMILES string of the molecule is Cc1nn(C)c2nc(-c3cccs3)cc(C(=O)NC3CC4(CCN(C)CC4)Oc4ccccc43)c12. The third-order valence-corrected chi connectivity index (χ3v) is 8.28. The van der Waals surface area contributed by atoms with Gasteiger partial charge >= 0.3 is 0 Å². The number of piperidine rings is 1. The van der Waals surface area contributed by atoms with E-state index in [0.717, 1.165) is 71.0 Å². The average molecular weight is 488 g/mol. The first-order valence-corrected chi connectivity index (χ1v) is 13.0. The number of amides is 1. The number of carbonyl (C=O) groups excluding carboxylic acids is 1. The number of ether oxygens (including phenoxy) is 1. The van der Waals surface area contributed by atoms with E-state index in [-0.39, 0.29) is 17.6 Å². The number of hydrogen-bond acceptors (Lipinski definition) is 6. The van der Waals surface area contributed by atoms with Gasteiger partial charge in [0.05, 0.1) is 33.3 Å². The second-order valence-electron chi connectivity index (χ2n) is 9.80. The normalized spacial score (nSPS) is 19.5. The Morgan fingerprint density at radius 3 is 2.74 bits per heavy atom. The molecule has 0 radical (unpaired) electrons. The Bertz CT molecular complexity index is 1400. The van der Waals surface area contributed by atoms with E-state index in [1.54, 1.807) is 16.0 Å². The number of benzene rings is 1.